The molecule has 0 radical (unpaired) electrons. The molecule has 0 unspecified atom stereocenters. The molecule has 0 bridgehead atoms. The largest absolute Gasteiger partial charge is 0.464 e. The van der Waals surface area contributed by atoms with E-state index in [9.17, 15) is 4.79 Å². The number of carbonyl (C=O) groups excluding carboxylic acids is 1. The van der Waals surface area contributed by atoms with Crippen molar-refractivity contribution in [1.29, 1.82) is 0 Å². The highest BCUT2D eigenvalue weighted by Crippen LogP contribution is 2.19. The second kappa shape index (κ2) is 4.67. The zero-order valence-corrected chi connectivity index (χ0v) is 9.19. The van der Waals surface area contributed by atoms with Gasteiger partial charge in [-0.1, -0.05) is 0 Å². The number of methoxy groups -OCH3 is 1. The molecular weight excluding hydrogens is 228 g/mol. The molecule has 0 atom stereocenters. The number of ether oxygens (including phenoxy) is 1. The fraction of sp³-hybridized carbons (Fsp3) is 0.111. The number of carbonyl (C=O) groups is 1. The van der Waals surface area contributed by atoms with Crippen molar-refractivity contribution >= 4 is 28.3 Å². The van der Waals surface area contributed by atoms with E-state index in [1.165, 1.54) is 18.4 Å². The van der Waals surface area contributed by atoms with Crippen molar-refractivity contribution in [3.63, 3.8) is 0 Å². The summed E-state index contributed by atoms with van der Waals surface area (Å²) in [7, 11) is 1.32. The minimum atomic E-state index is -0.455. The van der Waals surface area contributed by atoms with Gasteiger partial charge in [-0.25, -0.2) is 14.8 Å². The summed E-state index contributed by atoms with van der Waals surface area (Å²) in [6.07, 6.45) is 4.71. The van der Waals surface area contributed by atoms with E-state index in [1.807, 2.05) is 0 Å². The van der Waals surface area contributed by atoms with Crippen molar-refractivity contribution in [2.45, 2.75) is 0 Å². The summed E-state index contributed by atoms with van der Waals surface area (Å²) in [4.78, 5) is 23.1. The molecule has 2 aromatic heterocycles. The van der Waals surface area contributed by atoms with Gasteiger partial charge < -0.3 is 10.1 Å². The summed E-state index contributed by atoms with van der Waals surface area (Å²) >= 11 is 1.30. The Balaban J connectivity index is 2.12. The molecule has 0 fully saturated rings. The van der Waals surface area contributed by atoms with Crippen molar-refractivity contribution in [3.8, 4) is 0 Å². The second-order valence-corrected chi connectivity index (χ2v) is 3.60. The van der Waals surface area contributed by atoms with Crippen molar-refractivity contribution < 1.29 is 9.53 Å². The zero-order chi connectivity index (χ0) is 11.4. The SMILES string of the molecule is COC(=O)c1csc(Nc2cnccn2)n1. The molecule has 0 spiro atoms. The molecule has 16 heavy (non-hydrogen) atoms. The van der Waals surface area contributed by atoms with Crippen LogP contribution >= 0.6 is 11.3 Å². The smallest absolute Gasteiger partial charge is 0.357 e. The first kappa shape index (κ1) is 10.5. The first-order valence-electron chi connectivity index (χ1n) is 4.36. The van der Waals surface area contributed by atoms with Crippen molar-refractivity contribution in [2.75, 3.05) is 12.4 Å². The number of nitrogens with zero attached hydrogens (tertiary/aromatic N) is 3. The average molecular weight is 236 g/mol. The molecule has 0 aliphatic rings. The van der Waals surface area contributed by atoms with E-state index in [0.717, 1.165) is 0 Å². The summed E-state index contributed by atoms with van der Waals surface area (Å²) in [6, 6.07) is 0. The zero-order valence-electron chi connectivity index (χ0n) is 8.38. The number of rotatable bonds is 3. The van der Waals surface area contributed by atoms with E-state index in [-0.39, 0.29) is 5.69 Å². The van der Waals surface area contributed by atoms with E-state index in [4.69, 9.17) is 0 Å². The summed E-state index contributed by atoms with van der Waals surface area (Å²) in [5.74, 6) is 0.122. The Kier molecular flexibility index (Phi) is 3.06. The van der Waals surface area contributed by atoms with Gasteiger partial charge in [-0.3, -0.25) is 4.98 Å². The molecule has 0 aliphatic heterocycles. The van der Waals surface area contributed by atoms with E-state index < -0.39 is 5.97 Å². The molecule has 0 aliphatic carbocycles. The van der Waals surface area contributed by atoms with Gasteiger partial charge in [0.2, 0.25) is 0 Å². The molecule has 0 saturated heterocycles. The molecule has 0 aromatic carbocycles. The minimum Gasteiger partial charge on any atom is -0.464 e. The second-order valence-electron chi connectivity index (χ2n) is 2.75. The highest BCUT2D eigenvalue weighted by Gasteiger charge is 2.10. The van der Waals surface area contributed by atoms with Gasteiger partial charge in [-0.05, 0) is 0 Å². The molecular formula is C9H8N4O2S. The standard InChI is InChI=1S/C9H8N4O2S/c1-15-8(14)6-5-16-9(12-6)13-7-4-10-2-3-11-7/h2-5H,1H3,(H,11,12,13). The lowest BCUT2D eigenvalue weighted by Gasteiger charge is -1.98. The van der Waals surface area contributed by atoms with Crippen molar-refractivity contribution in [2.24, 2.45) is 0 Å². The van der Waals surface area contributed by atoms with Crippen molar-refractivity contribution in [3.05, 3.63) is 29.7 Å². The molecule has 0 saturated carbocycles. The number of anilines is 2. The summed E-state index contributed by atoms with van der Waals surface area (Å²) in [5, 5.41) is 5.12. The van der Waals surface area contributed by atoms with Gasteiger partial charge in [0.05, 0.1) is 13.3 Å². The van der Waals surface area contributed by atoms with Crippen LogP contribution in [0.15, 0.2) is 24.0 Å². The quantitative estimate of drug-likeness (QED) is 0.813. The third-order valence-corrected chi connectivity index (χ3v) is 2.45. The summed E-state index contributed by atoms with van der Waals surface area (Å²) in [6.45, 7) is 0. The number of nitrogens with one attached hydrogen (secondary N) is 1. The van der Waals surface area contributed by atoms with Crippen LogP contribution in [0, 0.1) is 0 Å². The lowest BCUT2D eigenvalue weighted by molar-refractivity contribution is 0.0595. The lowest BCUT2D eigenvalue weighted by Crippen LogP contribution is -2.01. The highest BCUT2D eigenvalue weighted by atomic mass is 32.1. The van der Waals surface area contributed by atoms with Crippen LogP contribution in [0.1, 0.15) is 10.5 Å². The Bertz CT molecular complexity index is 485. The Hall–Kier alpha value is -2.02. The maximum Gasteiger partial charge on any atom is 0.357 e. The van der Waals surface area contributed by atoms with Crippen LogP contribution < -0.4 is 5.32 Å². The van der Waals surface area contributed by atoms with Crippen LogP contribution in [0.4, 0.5) is 10.9 Å². The molecule has 2 aromatic rings. The summed E-state index contributed by atoms with van der Waals surface area (Å²) in [5.41, 5.74) is 0.277. The number of thiazole rings is 1. The Morgan fingerprint density at radius 2 is 2.38 bits per heavy atom. The maximum atomic E-state index is 11.1. The molecule has 1 N–H and O–H groups in total. The van der Waals surface area contributed by atoms with Gasteiger partial charge in [-0.2, -0.15) is 0 Å². The number of esters is 1. The molecule has 6 nitrogen and oxygen atoms in total. The molecule has 2 heterocycles. The fourth-order valence-corrected chi connectivity index (χ4v) is 1.69. The molecule has 2 rings (SSSR count). The van der Waals surface area contributed by atoms with Crippen LogP contribution in [0.25, 0.3) is 0 Å². The van der Waals surface area contributed by atoms with Gasteiger partial charge in [0, 0.05) is 17.8 Å². The normalized spacial score (nSPS) is 9.81. The van der Waals surface area contributed by atoms with Crippen LogP contribution in [0.2, 0.25) is 0 Å². The van der Waals surface area contributed by atoms with Crippen LogP contribution in [0.5, 0.6) is 0 Å². The first-order chi connectivity index (χ1) is 7.79. The topological polar surface area (TPSA) is 77.0 Å². The summed E-state index contributed by atoms with van der Waals surface area (Å²) < 4.78 is 4.55. The van der Waals surface area contributed by atoms with E-state index in [0.29, 0.717) is 10.9 Å². The van der Waals surface area contributed by atoms with Crippen LogP contribution in [-0.4, -0.2) is 28.0 Å². The van der Waals surface area contributed by atoms with Gasteiger partial charge in [0.25, 0.3) is 0 Å². The van der Waals surface area contributed by atoms with Gasteiger partial charge >= 0.3 is 5.97 Å². The molecule has 0 amide bonds. The predicted octanol–water partition coefficient (Wildman–Crippen LogP) is 1.46. The van der Waals surface area contributed by atoms with Gasteiger partial charge in [0.15, 0.2) is 16.6 Å². The predicted molar refractivity (Wildman–Crippen MR) is 58.8 cm³/mol. The average Bonchev–Trinajstić information content (AvgIpc) is 2.78. The van der Waals surface area contributed by atoms with E-state index in [2.05, 4.69) is 25.0 Å². The van der Waals surface area contributed by atoms with Crippen LogP contribution in [0.3, 0.4) is 0 Å². The van der Waals surface area contributed by atoms with E-state index >= 15 is 0 Å². The van der Waals surface area contributed by atoms with Gasteiger partial charge in [-0.15, -0.1) is 11.3 Å². The molecule has 82 valence electrons. The minimum absolute atomic E-state index is 0.277. The third-order valence-electron chi connectivity index (χ3n) is 1.70. The fourth-order valence-electron chi connectivity index (χ4n) is 1.00. The van der Waals surface area contributed by atoms with Crippen molar-refractivity contribution in [1.82, 2.24) is 15.0 Å². The Morgan fingerprint density at radius 1 is 1.50 bits per heavy atom. The lowest BCUT2D eigenvalue weighted by atomic mass is 10.5. The Labute approximate surface area is 95.3 Å². The Morgan fingerprint density at radius 3 is 3.06 bits per heavy atom. The maximum absolute atomic E-state index is 11.1. The van der Waals surface area contributed by atoms with E-state index in [1.54, 1.807) is 24.0 Å². The highest BCUT2D eigenvalue weighted by molar-refractivity contribution is 7.14. The first-order valence-corrected chi connectivity index (χ1v) is 5.24. The number of hydrogen-bond donors (Lipinski definition) is 1. The number of aromatic nitrogens is 3. The number of hydrogen-bond acceptors (Lipinski definition) is 7. The third kappa shape index (κ3) is 2.31. The monoisotopic (exact) mass is 236 g/mol. The van der Waals surface area contributed by atoms with Gasteiger partial charge in [0.1, 0.15) is 0 Å². The molecule has 7 heteroatoms. The van der Waals surface area contributed by atoms with Crippen LogP contribution in [-0.2, 0) is 4.74 Å².